The standard InChI is InChI=1S/C17H26N2/c1-3-17(2)8-10-19(11-9-17)16-7-4-13-12-14(18)5-6-15(13)16/h5-6,12,16H,3-4,7-11,18H2,1-2H3. The summed E-state index contributed by atoms with van der Waals surface area (Å²) in [6.45, 7) is 7.31. The molecule has 1 aromatic rings. The van der Waals surface area contributed by atoms with Gasteiger partial charge in [-0.25, -0.2) is 0 Å². The Hall–Kier alpha value is -1.02. The van der Waals surface area contributed by atoms with Gasteiger partial charge in [0.25, 0.3) is 0 Å². The lowest BCUT2D eigenvalue weighted by molar-refractivity contribution is 0.0806. The van der Waals surface area contributed by atoms with Crippen LogP contribution < -0.4 is 5.73 Å². The molecule has 2 N–H and O–H groups in total. The molecule has 1 atom stereocenters. The van der Waals surface area contributed by atoms with Crippen LogP contribution in [0, 0.1) is 5.41 Å². The van der Waals surface area contributed by atoms with E-state index in [2.05, 4.69) is 36.9 Å². The lowest BCUT2D eigenvalue weighted by Crippen LogP contribution is -2.40. The predicted octanol–water partition coefficient (Wildman–Crippen LogP) is 3.77. The Morgan fingerprint density at radius 3 is 2.74 bits per heavy atom. The van der Waals surface area contributed by atoms with Gasteiger partial charge < -0.3 is 5.73 Å². The molecule has 0 saturated carbocycles. The molecule has 1 aliphatic heterocycles. The molecule has 0 aromatic heterocycles. The minimum atomic E-state index is 0.582. The van der Waals surface area contributed by atoms with Crippen LogP contribution in [0.25, 0.3) is 0 Å². The van der Waals surface area contributed by atoms with Gasteiger partial charge in [-0.1, -0.05) is 26.3 Å². The van der Waals surface area contributed by atoms with Crippen LogP contribution in [0.4, 0.5) is 5.69 Å². The van der Waals surface area contributed by atoms with Crippen LogP contribution >= 0.6 is 0 Å². The van der Waals surface area contributed by atoms with Crippen LogP contribution in [0.15, 0.2) is 18.2 Å². The van der Waals surface area contributed by atoms with Crippen molar-refractivity contribution in [1.29, 1.82) is 0 Å². The zero-order valence-corrected chi connectivity index (χ0v) is 12.3. The number of nitrogen functional groups attached to an aromatic ring is 1. The zero-order valence-electron chi connectivity index (χ0n) is 12.3. The van der Waals surface area contributed by atoms with E-state index < -0.39 is 0 Å². The third kappa shape index (κ3) is 2.38. The zero-order chi connectivity index (χ0) is 13.5. The van der Waals surface area contributed by atoms with E-state index in [0.717, 1.165) is 5.69 Å². The first-order valence-corrected chi connectivity index (χ1v) is 7.74. The molecule has 1 unspecified atom stereocenters. The van der Waals surface area contributed by atoms with Crippen molar-refractivity contribution in [2.75, 3.05) is 18.8 Å². The van der Waals surface area contributed by atoms with E-state index in [4.69, 9.17) is 5.73 Å². The lowest BCUT2D eigenvalue weighted by Gasteiger charge is -2.41. The molecule has 0 radical (unpaired) electrons. The molecule has 1 aliphatic carbocycles. The van der Waals surface area contributed by atoms with Crippen LogP contribution in [0.3, 0.4) is 0 Å². The molecule has 2 heteroatoms. The first-order valence-electron chi connectivity index (χ1n) is 7.74. The van der Waals surface area contributed by atoms with Crippen LogP contribution in [-0.4, -0.2) is 18.0 Å². The van der Waals surface area contributed by atoms with Crippen molar-refractivity contribution in [3.05, 3.63) is 29.3 Å². The summed E-state index contributed by atoms with van der Waals surface area (Å²) < 4.78 is 0. The third-order valence-corrected chi connectivity index (χ3v) is 5.51. The summed E-state index contributed by atoms with van der Waals surface area (Å²) in [4.78, 5) is 2.71. The number of nitrogens with zero attached hydrogens (tertiary/aromatic N) is 1. The van der Waals surface area contributed by atoms with Crippen LogP contribution in [0.2, 0.25) is 0 Å². The van der Waals surface area contributed by atoms with Gasteiger partial charge in [0.15, 0.2) is 0 Å². The van der Waals surface area contributed by atoms with Crippen molar-refractivity contribution < 1.29 is 0 Å². The number of fused-ring (bicyclic) bond motifs is 1. The van der Waals surface area contributed by atoms with Crippen molar-refractivity contribution in [2.45, 2.75) is 52.0 Å². The molecule has 1 saturated heterocycles. The Morgan fingerprint density at radius 2 is 2.05 bits per heavy atom. The summed E-state index contributed by atoms with van der Waals surface area (Å²) in [7, 11) is 0. The maximum atomic E-state index is 5.89. The van der Waals surface area contributed by atoms with E-state index in [9.17, 15) is 0 Å². The second-order valence-electron chi connectivity index (χ2n) is 6.71. The number of nitrogens with two attached hydrogens (primary N) is 1. The fourth-order valence-electron chi connectivity index (χ4n) is 3.72. The number of hydrogen-bond acceptors (Lipinski definition) is 2. The second kappa shape index (κ2) is 4.82. The summed E-state index contributed by atoms with van der Waals surface area (Å²) in [6.07, 6.45) is 6.50. The number of likely N-dealkylation sites (tertiary alicyclic amines) is 1. The second-order valence-corrected chi connectivity index (χ2v) is 6.71. The topological polar surface area (TPSA) is 29.3 Å². The van der Waals surface area contributed by atoms with Crippen molar-refractivity contribution in [3.63, 3.8) is 0 Å². The van der Waals surface area contributed by atoms with Crippen LogP contribution in [0.5, 0.6) is 0 Å². The quantitative estimate of drug-likeness (QED) is 0.818. The van der Waals surface area contributed by atoms with Gasteiger partial charge in [-0.05, 0) is 67.4 Å². The van der Waals surface area contributed by atoms with Gasteiger partial charge in [0.2, 0.25) is 0 Å². The molecule has 0 spiro atoms. The van der Waals surface area contributed by atoms with E-state index >= 15 is 0 Å². The Morgan fingerprint density at radius 1 is 1.32 bits per heavy atom. The highest BCUT2D eigenvalue weighted by molar-refractivity contribution is 5.47. The number of benzene rings is 1. The fourth-order valence-corrected chi connectivity index (χ4v) is 3.72. The Bertz CT molecular complexity index is 458. The monoisotopic (exact) mass is 258 g/mol. The maximum absolute atomic E-state index is 5.89. The first-order chi connectivity index (χ1) is 9.11. The summed E-state index contributed by atoms with van der Waals surface area (Å²) in [6, 6.07) is 7.15. The van der Waals surface area contributed by atoms with E-state index in [1.54, 1.807) is 0 Å². The molecule has 1 aromatic carbocycles. The molecule has 19 heavy (non-hydrogen) atoms. The van der Waals surface area contributed by atoms with Gasteiger partial charge >= 0.3 is 0 Å². The van der Waals surface area contributed by atoms with Gasteiger partial charge in [0, 0.05) is 11.7 Å². The van der Waals surface area contributed by atoms with Crippen LogP contribution in [0.1, 0.15) is 56.7 Å². The van der Waals surface area contributed by atoms with Crippen molar-refractivity contribution in [2.24, 2.45) is 5.41 Å². The molecule has 1 fully saturated rings. The third-order valence-electron chi connectivity index (χ3n) is 5.51. The van der Waals surface area contributed by atoms with Crippen molar-refractivity contribution in [3.8, 4) is 0 Å². The van der Waals surface area contributed by atoms with Crippen molar-refractivity contribution >= 4 is 5.69 Å². The summed E-state index contributed by atoms with van der Waals surface area (Å²) in [5.74, 6) is 0. The van der Waals surface area contributed by atoms with Gasteiger partial charge in [-0.15, -0.1) is 0 Å². The molecule has 0 bridgehead atoms. The molecule has 2 nitrogen and oxygen atoms in total. The molecule has 104 valence electrons. The normalized spacial score (nSPS) is 26.3. The SMILES string of the molecule is CCC1(C)CCN(C2CCc3cc(N)ccc32)CC1. The lowest BCUT2D eigenvalue weighted by atomic mass is 9.78. The fraction of sp³-hybridized carbons (Fsp3) is 0.647. The van der Waals surface area contributed by atoms with Gasteiger partial charge in [-0.3, -0.25) is 4.90 Å². The highest BCUT2D eigenvalue weighted by Crippen LogP contribution is 2.41. The average molecular weight is 258 g/mol. The minimum Gasteiger partial charge on any atom is -0.399 e. The van der Waals surface area contributed by atoms with E-state index in [-0.39, 0.29) is 0 Å². The number of hydrogen-bond donors (Lipinski definition) is 1. The van der Waals surface area contributed by atoms with Gasteiger partial charge in [-0.2, -0.15) is 0 Å². The average Bonchev–Trinajstić information content (AvgIpc) is 2.82. The Labute approximate surface area is 117 Å². The maximum Gasteiger partial charge on any atom is 0.0354 e. The Balaban J connectivity index is 1.73. The van der Waals surface area contributed by atoms with Crippen molar-refractivity contribution in [1.82, 2.24) is 4.90 Å². The minimum absolute atomic E-state index is 0.582. The predicted molar refractivity (Wildman–Crippen MR) is 81.1 cm³/mol. The molecular weight excluding hydrogens is 232 g/mol. The first kappa shape index (κ1) is 13.0. The molecular formula is C17H26N2. The molecule has 3 rings (SSSR count). The van der Waals surface area contributed by atoms with E-state index in [1.165, 1.54) is 56.3 Å². The number of rotatable bonds is 2. The number of anilines is 1. The van der Waals surface area contributed by atoms with E-state index in [1.807, 2.05) is 0 Å². The smallest absolute Gasteiger partial charge is 0.0354 e. The molecule has 0 amide bonds. The summed E-state index contributed by atoms with van der Waals surface area (Å²) >= 11 is 0. The largest absolute Gasteiger partial charge is 0.399 e. The van der Waals surface area contributed by atoms with Gasteiger partial charge in [0.05, 0.1) is 0 Å². The number of aryl methyl sites for hydroxylation is 1. The number of piperidine rings is 1. The summed E-state index contributed by atoms with van der Waals surface area (Å²) in [5.41, 5.74) is 10.4. The van der Waals surface area contributed by atoms with Gasteiger partial charge in [0.1, 0.15) is 0 Å². The Kier molecular flexibility index (Phi) is 3.30. The molecule has 1 heterocycles. The van der Waals surface area contributed by atoms with Crippen LogP contribution in [-0.2, 0) is 6.42 Å². The van der Waals surface area contributed by atoms with E-state index in [0.29, 0.717) is 11.5 Å². The summed E-state index contributed by atoms with van der Waals surface area (Å²) in [5, 5.41) is 0. The highest BCUT2D eigenvalue weighted by atomic mass is 15.2. The molecule has 2 aliphatic rings. The highest BCUT2D eigenvalue weighted by Gasteiger charge is 2.34.